The van der Waals surface area contributed by atoms with Gasteiger partial charge in [0.05, 0.1) is 0 Å². The van der Waals surface area contributed by atoms with Crippen LogP contribution in [0.1, 0.15) is 194 Å². The average molecular weight is 1270 g/mol. The van der Waals surface area contributed by atoms with Gasteiger partial charge in [-0.3, -0.25) is 0 Å². The van der Waals surface area contributed by atoms with Gasteiger partial charge in [-0.05, 0) is 48.9 Å². The Bertz CT molecular complexity index is 2130. The summed E-state index contributed by atoms with van der Waals surface area (Å²) in [6.45, 7) is 58.0. The summed E-state index contributed by atoms with van der Waals surface area (Å²) in [5.41, 5.74) is -3.00. The van der Waals surface area contributed by atoms with Crippen LogP contribution in [0.15, 0.2) is 121 Å². The van der Waals surface area contributed by atoms with Crippen molar-refractivity contribution in [3.8, 4) is 0 Å². The van der Waals surface area contributed by atoms with Crippen LogP contribution >= 0.6 is 29.8 Å². The summed E-state index contributed by atoms with van der Waals surface area (Å²) in [7, 11) is -12.3. The predicted molar refractivity (Wildman–Crippen MR) is 364 cm³/mol. The van der Waals surface area contributed by atoms with Gasteiger partial charge in [-0.1, -0.05) is 317 Å². The Kier molecular flexibility index (Phi) is 64.7. The van der Waals surface area contributed by atoms with Gasteiger partial charge in [0.1, 0.15) is 0 Å². The van der Waals surface area contributed by atoms with Crippen LogP contribution < -0.4 is 172 Å². The Hall–Kier alpha value is 2.18. The molecule has 0 aliphatic rings. The van der Waals surface area contributed by atoms with Crippen molar-refractivity contribution in [1.82, 2.24) is 0 Å². The minimum atomic E-state index is -3.06. The third kappa shape index (κ3) is 59.1. The van der Waals surface area contributed by atoms with Crippen LogP contribution in [0.4, 0.5) is 0 Å². The van der Waals surface area contributed by atoms with E-state index in [0.717, 1.165) is 26.4 Å². The van der Waals surface area contributed by atoms with Gasteiger partial charge in [-0.25, -0.2) is 0 Å². The van der Waals surface area contributed by atoms with E-state index in [9.17, 15) is 18.3 Å². The fourth-order valence-electron chi connectivity index (χ4n) is 6.70. The summed E-state index contributed by atoms with van der Waals surface area (Å²) in [5.74, 6) is 0. The van der Waals surface area contributed by atoms with E-state index in [-0.39, 0.29) is 195 Å². The standard InChI is InChI=1S/4C14H23N2OP.2C4H10O.8Li/c4*1-13(2,3)15-18(17,16-14(4,5)6)12-10-8-7-9-11-12;2*1-3-5-4-2;;;;;;;;/h4*7-11H,1-6H3;2*3-4H2,1-2H3;;;;;;;;/q4*-2;;;8*+1. The average Bonchev–Trinajstić information content (AvgIpc) is 3.27. The maximum absolute atomic E-state index is 13.1. The molecule has 0 radical (unpaired) electrons. The first kappa shape index (κ1) is 113. The maximum atomic E-state index is 13.1. The van der Waals surface area contributed by atoms with Crippen LogP contribution in [0.25, 0.3) is 40.7 Å². The first-order valence-corrected chi connectivity index (χ1v) is 35.1. The monoisotopic (exact) mass is 1270 g/mol. The molecule has 4 aromatic rings. The van der Waals surface area contributed by atoms with Crippen molar-refractivity contribution in [2.24, 2.45) is 0 Å². The Morgan fingerprint density at radius 3 is 0.400 bits per heavy atom. The van der Waals surface area contributed by atoms with Crippen LogP contribution in [0, 0.1) is 0 Å². The van der Waals surface area contributed by atoms with E-state index in [0.29, 0.717) is 21.2 Å². The molecule has 0 unspecified atom stereocenters. The molecule has 0 bridgehead atoms. The number of nitrogens with zero attached hydrogens (tertiary/aromatic N) is 8. The topological polar surface area (TPSA) is 200 Å². The molecule has 0 N–H and O–H groups in total. The molecule has 26 heteroatoms. The molecule has 0 aliphatic heterocycles. The second-order valence-corrected chi connectivity index (χ2v) is 35.3. The second kappa shape index (κ2) is 51.3. The summed E-state index contributed by atoms with van der Waals surface area (Å²) >= 11 is 0. The molecule has 0 aromatic heterocycles. The maximum Gasteiger partial charge on any atom is 1.00 e. The number of benzene rings is 4. The summed E-state index contributed by atoms with van der Waals surface area (Å²) in [4.78, 5) is 0. The Labute approximate surface area is 649 Å². The zero-order valence-corrected chi connectivity index (χ0v) is 67.8. The number of hydrogen-bond acceptors (Lipinski definition) is 6. The molecule has 0 spiro atoms. The van der Waals surface area contributed by atoms with E-state index >= 15 is 0 Å². The quantitative estimate of drug-likeness (QED) is 0.0879. The van der Waals surface area contributed by atoms with Gasteiger partial charge in [0, 0.05) is 26.4 Å². The molecule has 0 aliphatic carbocycles. The molecular weight excluding hydrogens is 1160 g/mol. The fourth-order valence-corrected chi connectivity index (χ4v) is 16.6. The largest absolute Gasteiger partial charge is 1.00 e. The van der Waals surface area contributed by atoms with Crippen LogP contribution in [0.5, 0.6) is 0 Å². The van der Waals surface area contributed by atoms with Crippen LogP contribution in [0.3, 0.4) is 0 Å². The zero-order chi connectivity index (χ0) is 64.4. The third-order valence-corrected chi connectivity index (χ3v) is 19.5. The van der Waals surface area contributed by atoms with Gasteiger partial charge in [0.2, 0.25) is 0 Å². The van der Waals surface area contributed by atoms with Crippen molar-refractivity contribution in [2.45, 2.75) is 238 Å². The van der Waals surface area contributed by atoms with Crippen molar-refractivity contribution in [2.75, 3.05) is 26.4 Å². The van der Waals surface area contributed by atoms with E-state index < -0.39 is 29.8 Å². The number of rotatable bonds is 16. The fraction of sp³-hybridized carbons (Fsp3) is 0.625. The molecular formula is C64H112Li8N8O6P4. The molecule has 4 rings (SSSR count). The van der Waals surface area contributed by atoms with Gasteiger partial charge in [0.15, 0.2) is 0 Å². The second-order valence-electron chi connectivity index (χ2n) is 27.2. The Balaban J connectivity index is -0.000000109. The molecule has 0 saturated heterocycles. The molecule has 0 heterocycles. The molecule has 472 valence electrons. The zero-order valence-electron chi connectivity index (χ0n) is 64.2. The first-order chi connectivity index (χ1) is 36.9. The van der Waals surface area contributed by atoms with Gasteiger partial charge in [-0.15, -0.1) is 44.3 Å². The SMILES string of the molecule is CC(C)(C)[N-]P(=O)([N-]C(C)(C)C)c1ccccc1.CC(C)(C)[N-]P(=O)([N-]C(C)(C)C)c1ccccc1.CC(C)(C)[N-]P(=O)([N-]C(C)(C)C)c1ccccc1.CC(C)(C)[N-]P(=O)([N-]C(C)(C)C)c1ccccc1.CCOCC.CCOCC.[Li+].[Li+].[Li+].[Li+].[Li+].[Li+].[Li+].[Li+]. The van der Waals surface area contributed by atoms with E-state index in [1.807, 2.05) is 315 Å². The Morgan fingerprint density at radius 2 is 0.333 bits per heavy atom. The van der Waals surface area contributed by atoms with E-state index in [4.69, 9.17) is 9.47 Å². The van der Waals surface area contributed by atoms with Gasteiger partial charge in [0.25, 0.3) is 0 Å². The van der Waals surface area contributed by atoms with Crippen molar-refractivity contribution < 1.29 is 179 Å². The molecule has 4 aromatic carbocycles. The van der Waals surface area contributed by atoms with Gasteiger partial charge in [-0.2, -0.15) is 0 Å². The smallest absolute Gasteiger partial charge is 0.611 e. The van der Waals surface area contributed by atoms with Crippen molar-refractivity contribution in [3.63, 3.8) is 0 Å². The molecule has 14 nitrogen and oxygen atoms in total. The normalized spacial score (nSPS) is 11.9. The number of ether oxygens (including phenoxy) is 2. The third-order valence-electron chi connectivity index (χ3n) is 8.67. The van der Waals surface area contributed by atoms with Crippen LogP contribution in [-0.4, -0.2) is 70.7 Å². The van der Waals surface area contributed by atoms with E-state index in [2.05, 4.69) is 40.7 Å². The van der Waals surface area contributed by atoms with Crippen LogP contribution in [-0.2, 0) is 27.7 Å². The van der Waals surface area contributed by atoms with E-state index in [1.54, 1.807) is 0 Å². The molecule has 90 heavy (non-hydrogen) atoms. The summed E-state index contributed by atoms with van der Waals surface area (Å²) < 4.78 is 62.1. The summed E-state index contributed by atoms with van der Waals surface area (Å²) in [5, 5.41) is 38.7. The van der Waals surface area contributed by atoms with Crippen LogP contribution in [0.2, 0.25) is 0 Å². The van der Waals surface area contributed by atoms with Crippen molar-refractivity contribution >= 4 is 51.0 Å². The molecule has 0 saturated carbocycles. The molecule has 0 fully saturated rings. The molecule has 0 atom stereocenters. The van der Waals surface area contributed by atoms with E-state index in [1.165, 1.54) is 0 Å². The van der Waals surface area contributed by atoms with Gasteiger partial charge >= 0.3 is 151 Å². The summed E-state index contributed by atoms with van der Waals surface area (Å²) in [6, 6.07) is 37.3. The summed E-state index contributed by atoms with van der Waals surface area (Å²) in [6.07, 6.45) is 0. The Morgan fingerprint density at radius 1 is 0.233 bits per heavy atom. The predicted octanol–water partition coefficient (Wildman–Crippen LogP) is -2.48. The van der Waals surface area contributed by atoms with Gasteiger partial charge < -0.3 is 68.4 Å². The minimum absolute atomic E-state index is 0. The minimum Gasteiger partial charge on any atom is -0.611 e. The molecule has 0 amide bonds. The van der Waals surface area contributed by atoms with Crippen molar-refractivity contribution in [3.05, 3.63) is 162 Å². The van der Waals surface area contributed by atoms with Crippen molar-refractivity contribution in [1.29, 1.82) is 0 Å². The first-order valence-electron chi connectivity index (χ1n) is 28.6. The number of hydrogen-bond donors (Lipinski definition) is 0.